The van der Waals surface area contributed by atoms with E-state index in [4.69, 9.17) is 4.98 Å². The fourth-order valence-electron chi connectivity index (χ4n) is 2.34. The van der Waals surface area contributed by atoms with Crippen molar-refractivity contribution in [2.24, 2.45) is 0 Å². The number of nitrogens with zero attached hydrogens (tertiary/aromatic N) is 1. The predicted molar refractivity (Wildman–Crippen MR) is 57.5 cm³/mol. The Morgan fingerprint density at radius 2 is 1.79 bits per heavy atom. The minimum absolute atomic E-state index is 1.17. The molecule has 1 heterocycles. The Morgan fingerprint density at radius 3 is 2.79 bits per heavy atom. The Hall–Kier alpha value is -1.37. The van der Waals surface area contributed by atoms with Gasteiger partial charge in [0.1, 0.15) is 0 Å². The van der Waals surface area contributed by atoms with Crippen LogP contribution >= 0.6 is 0 Å². The number of fused-ring (bicyclic) bond motifs is 3. The minimum atomic E-state index is 1.17. The fourth-order valence-corrected chi connectivity index (χ4v) is 2.34. The van der Waals surface area contributed by atoms with E-state index in [2.05, 4.69) is 30.3 Å². The molecule has 0 N–H and O–H groups in total. The summed E-state index contributed by atoms with van der Waals surface area (Å²) in [6.45, 7) is 0. The van der Waals surface area contributed by atoms with Crippen molar-refractivity contribution in [3.05, 3.63) is 41.6 Å². The van der Waals surface area contributed by atoms with E-state index < -0.39 is 0 Å². The van der Waals surface area contributed by atoms with Crippen LogP contribution in [-0.2, 0) is 12.8 Å². The smallest absolute Gasteiger partial charge is 0.0708 e. The second-order valence-corrected chi connectivity index (χ2v) is 3.95. The summed E-state index contributed by atoms with van der Waals surface area (Å²) in [6, 6.07) is 10.6. The molecule has 1 heteroatoms. The van der Waals surface area contributed by atoms with Gasteiger partial charge in [0.05, 0.1) is 5.69 Å². The maximum absolute atomic E-state index is 4.69. The van der Waals surface area contributed by atoms with Gasteiger partial charge in [0.2, 0.25) is 0 Å². The molecule has 3 aliphatic rings. The average Bonchev–Trinajstić information content (AvgIpc) is 2.42. The molecule has 0 spiro atoms. The van der Waals surface area contributed by atoms with Gasteiger partial charge in [0.25, 0.3) is 0 Å². The molecule has 0 fully saturated rings. The van der Waals surface area contributed by atoms with Crippen LogP contribution in [0.15, 0.2) is 30.3 Å². The number of hydrogen-bond donors (Lipinski definition) is 0. The van der Waals surface area contributed by atoms with Gasteiger partial charge >= 0.3 is 0 Å². The summed E-state index contributed by atoms with van der Waals surface area (Å²) >= 11 is 0. The lowest BCUT2D eigenvalue weighted by Crippen LogP contribution is -1.99. The lowest BCUT2D eigenvalue weighted by molar-refractivity contribution is 0.679. The summed E-state index contributed by atoms with van der Waals surface area (Å²) in [7, 11) is 0. The molecule has 0 amide bonds. The maximum atomic E-state index is 4.69. The van der Waals surface area contributed by atoms with E-state index in [0.717, 1.165) is 0 Å². The van der Waals surface area contributed by atoms with Gasteiger partial charge in [0.15, 0.2) is 0 Å². The molecular weight excluding hydrogens is 170 g/mol. The average molecular weight is 183 g/mol. The van der Waals surface area contributed by atoms with E-state index in [-0.39, 0.29) is 0 Å². The second-order valence-electron chi connectivity index (χ2n) is 3.95. The largest absolute Gasteiger partial charge is 0.253 e. The predicted octanol–water partition coefficient (Wildman–Crippen LogP) is 3.07. The summed E-state index contributed by atoms with van der Waals surface area (Å²) < 4.78 is 0. The van der Waals surface area contributed by atoms with Crippen LogP contribution in [0.1, 0.15) is 24.1 Å². The molecule has 2 aliphatic carbocycles. The molecule has 3 rings (SSSR count). The van der Waals surface area contributed by atoms with Crippen molar-refractivity contribution < 1.29 is 0 Å². The first-order valence-electron chi connectivity index (χ1n) is 5.32. The Bertz CT molecular complexity index is 434. The first-order valence-corrected chi connectivity index (χ1v) is 5.32. The summed E-state index contributed by atoms with van der Waals surface area (Å²) in [5, 5.41) is 0. The Labute approximate surface area is 84.1 Å². The molecule has 0 saturated carbocycles. The second kappa shape index (κ2) is 3.09. The highest BCUT2D eigenvalue weighted by Crippen LogP contribution is 2.32. The van der Waals surface area contributed by atoms with E-state index in [1.807, 2.05) is 0 Å². The summed E-state index contributed by atoms with van der Waals surface area (Å²) in [6.07, 6.45) is 5.03. The zero-order valence-electron chi connectivity index (χ0n) is 8.16. The van der Waals surface area contributed by atoms with Gasteiger partial charge in [-0.25, -0.2) is 0 Å². The van der Waals surface area contributed by atoms with E-state index in [9.17, 15) is 0 Å². The third kappa shape index (κ3) is 1.12. The lowest BCUT2D eigenvalue weighted by atomic mass is 9.95. The van der Waals surface area contributed by atoms with Crippen LogP contribution in [-0.4, -0.2) is 4.98 Å². The lowest BCUT2D eigenvalue weighted by Gasteiger charge is -2.09. The van der Waals surface area contributed by atoms with Crippen LogP contribution in [0.2, 0.25) is 0 Å². The molecule has 0 radical (unpaired) electrons. The maximum Gasteiger partial charge on any atom is 0.0708 e. The van der Waals surface area contributed by atoms with Crippen molar-refractivity contribution in [2.75, 3.05) is 0 Å². The van der Waals surface area contributed by atoms with Crippen molar-refractivity contribution in [1.29, 1.82) is 0 Å². The zero-order valence-corrected chi connectivity index (χ0v) is 8.16. The summed E-state index contributed by atoms with van der Waals surface area (Å²) in [4.78, 5) is 4.69. The van der Waals surface area contributed by atoms with Crippen molar-refractivity contribution in [3.8, 4) is 11.3 Å². The molecule has 0 bridgehead atoms. The molecule has 0 aromatic heterocycles. The van der Waals surface area contributed by atoms with Crippen LogP contribution in [0.4, 0.5) is 0 Å². The molecule has 0 saturated heterocycles. The molecule has 1 aliphatic heterocycles. The van der Waals surface area contributed by atoms with Crippen LogP contribution in [0.5, 0.6) is 0 Å². The van der Waals surface area contributed by atoms with Crippen LogP contribution in [0.25, 0.3) is 11.3 Å². The topological polar surface area (TPSA) is 12.9 Å². The third-order valence-electron chi connectivity index (χ3n) is 3.03. The van der Waals surface area contributed by atoms with E-state index in [0.29, 0.717) is 0 Å². The minimum Gasteiger partial charge on any atom is -0.253 e. The van der Waals surface area contributed by atoms with Gasteiger partial charge in [-0.2, -0.15) is 0 Å². The molecular formula is C13H13N. The van der Waals surface area contributed by atoms with E-state index >= 15 is 0 Å². The first kappa shape index (κ1) is 7.98. The van der Waals surface area contributed by atoms with Gasteiger partial charge in [0, 0.05) is 11.3 Å². The Balaban J connectivity index is 2.27. The Kier molecular flexibility index (Phi) is 1.76. The van der Waals surface area contributed by atoms with Crippen LogP contribution < -0.4 is 0 Å². The molecule has 0 atom stereocenters. The molecule has 14 heavy (non-hydrogen) atoms. The van der Waals surface area contributed by atoms with Crippen LogP contribution in [0.3, 0.4) is 0 Å². The highest BCUT2D eigenvalue weighted by molar-refractivity contribution is 5.67. The fraction of sp³-hybridized carbons (Fsp3) is 0.308. The monoisotopic (exact) mass is 183 g/mol. The zero-order chi connectivity index (χ0) is 9.38. The van der Waals surface area contributed by atoms with Gasteiger partial charge in [-0.15, -0.1) is 0 Å². The van der Waals surface area contributed by atoms with Crippen molar-refractivity contribution in [3.63, 3.8) is 0 Å². The molecule has 0 aromatic carbocycles. The van der Waals surface area contributed by atoms with Gasteiger partial charge in [-0.3, -0.25) is 4.98 Å². The number of rotatable bonds is 0. The van der Waals surface area contributed by atoms with Gasteiger partial charge in [-0.05, 0) is 37.3 Å². The van der Waals surface area contributed by atoms with E-state index in [1.54, 1.807) is 0 Å². The molecule has 70 valence electrons. The van der Waals surface area contributed by atoms with Crippen LogP contribution in [0, 0.1) is 0 Å². The Morgan fingerprint density at radius 1 is 0.929 bits per heavy atom. The standard InChI is InChI=1S/C13H13N/c1-2-6-10-11-7-4-5-9-13(11)14-12(10)8-3-1/h1-3,6,8H,4-5,7,9H2. The van der Waals surface area contributed by atoms with Gasteiger partial charge < -0.3 is 0 Å². The number of aromatic nitrogens is 1. The molecule has 0 aromatic rings. The van der Waals surface area contributed by atoms with Crippen molar-refractivity contribution in [2.45, 2.75) is 25.7 Å². The van der Waals surface area contributed by atoms with Crippen molar-refractivity contribution >= 4 is 0 Å². The summed E-state index contributed by atoms with van der Waals surface area (Å²) in [5.74, 6) is 0. The van der Waals surface area contributed by atoms with Gasteiger partial charge in [-0.1, -0.05) is 24.3 Å². The first-order chi connectivity index (χ1) is 6.95. The SMILES string of the molecule is c1ccc2nc3c(c-2cc1)CCCC3. The molecule has 0 unspecified atom stereocenters. The quantitative estimate of drug-likeness (QED) is 0.611. The highest BCUT2D eigenvalue weighted by Gasteiger charge is 2.18. The number of aryl methyl sites for hydroxylation is 1. The number of hydrogen-bond acceptors (Lipinski definition) is 1. The third-order valence-corrected chi connectivity index (χ3v) is 3.03. The van der Waals surface area contributed by atoms with Crippen molar-refractivity contribution in [1.82, 2.24) is 4.98 Å². The summed E-state index contributed by atoms with van der Waals surface area (Å²) in [5.41, 5.74) is 5.38. The van der Waals surface area contributed by atoms with E-state index in [1.165, 1.54) is 48.2 Å². The normalized spacial score (nSPS) is 15.4. The highest BCUT2D eigenvalue weighted by atomic mass is 14.7. The molecule has 1 nitrogen and oxygen atoms in total.